The van der Waals surface area contributed by atoms with Crippen molar-refractivity contribution in [2.24, 2.45) is 12.8 Å². The topological polar surface area (TPSA) is 43.8 Å². The number of hydrogen-bond donors (Lipinski definition) is 1. The molecule has 0 radical (unpaired) electrons. The van der Waals surface area contributed by atoms with Gasteiger partial charge in [-0.15, -0.1) is 0 Å². The molecule has 74 valence electrons. The first-order valence-electron chi connectivity index (χ1n) is 4.84. The SMILES string of the molecule is Cc1c(CCN)ccc2c1cnn2C. The van der Waals surface area contributed by atoms with Crippen molar-refractivity contribution in [3.05, 3.63) is 29.5 Å². The molecule has 1 heterocycles. The van der Waals surface area contributed by atoms with E-state index in [1.54, 1.807) is 0 Å². The number of hydrogen-bond acceptors (Lipinski definition) is 2. The van der Waals surface area contributed by atoms with E-state index in [0.29, 0.717) is 6.54 Å². The van der Waals surface area contributed by atoms with Gasteiger partial charge in [-0.25, -0.2) is 0 Å². The summed E-state index contributed by atoms with van der Waals surface area (Å²) in [6, 6.07) is 4.26. The first-order valence-corrected chi connectivity index (χ1v) is 4.84. The first kappa shape index (κ1) is 9.21. The average Bonchev–Trinajstić information content (AvgIpc) is 2.54. The second-order valence-corrected chi connectivity index (χ2v) is 3.59. The number of fused-ring (bicyclic) bond motifs is 1. The molecule has 0 bridgehead atoms. The second-order valence-electron chi connectivity index (χ2n) is 3.59. The van der Waals surface area contributed by atoms with Gasteiger partial charge in [0.25, 0.3) is 0 Å². The Morgan fingerprint density at radius 2 is 2.21 bits per heavy atom. The molecule has 0 saturated heterocycles. The second kappa shape index (κ2) is 3.42. The van der Waals surface area contributed by atoms with E-state index in [4.69, 9.17) is 5.73 Å². The van der Waals surface area contributed by atoms with Crippen molar-refractivity contribution in [2.45, 2.75) is 13.3 Å². The molecule has 0 saturated carbocycles. The lowest BCUT2D eigenvalue weighted by Crippen LogP contribution is -2.04. The fourth-order valence-electron chi connectivity index (χ4n) is 1.84. The Kier molecular flexibility index (Phi) is 2.25. The van der Waals surface area contributed by atoms with Crippen LogP contribution in [0.15, 0.2) is 18.3 Å². The zero-order valence-corrected chi connectivity index (χ0v) is 8.62. The fraction of sp³-hybridized carbons (Fsp3) is 0.364. The van der Waals surface area contributed by atoms with Crippen LogP contribution in [0.1, 0.15) is 11.1 Å². The van der Waals surface area contributed by atoms with Gasteiger partial charge in [0, 0.05) is 12.4 Å². The maximum Gasteiger partial charge on any atom is 0.0681 e. The van der Waals surface area contributed by atoms with Crippen LogP contribution in [-0.2, 0) is 13.5 Å². The molecule has 1 aromatic heterocycles. The standard InChI is InChI=1S/C11H15N3/c1-8-9(5-6-12)3-4-11-10(8)7-13-14(11)2/h3-4,7H,5-6,12H2,1-2H3. The summed E-state index contributed by atoms with van der Waals surface area (Å²) in [6.07, 6.45) is 2.86. The molecule has 3 nitrogen and oxygen atoms in total. The van der Waals surface area contributed by atoms with Gasteiger partial charge in [0.15, 0.2) is 0 Å². The average molecular weight is 189 g/mol. The summed E-state index contributed by atoms with van der Waals surface area (Å²) in [7, 11) is 1.96. The molecule has 1 aromatic carbocycles. The smallest absolute Gasteiger partial charge is 0.0681 e. The molecule has 0 aliphatic rings. The van der Waals surface area contributed by atoms with Crippen molar-refractivity contribution in [1.29, 1.82) is 0 Å². The van der Waals surface area contributed by atoms with Crippen LogP contribution in [0, 0.1) is 6.92 Å². The van der Waals surface area contributed by atoms with Crippen molar-refractivity contribution in [2.75, 3.05) is 6.54 Å². The Morgan fingerprint density at radius 3 is 2.93 bits per heavy atom. The Hall–Kier alpha value is -1.35. The third-order valence-electron chi connectivity index (χ3n) is 2.73. The number of aromatic nitrogens is 2. The van der Waals surface area contributed by atoms with Crippen LogP contribution in [-0.4, -0.2) is 16.3 Å². The van der Waals surface area contributed by atoms with Gasteiger partial charge >= 0.3 is 0 Å². The van der Waals surface area contributed by atoms with Crippen LogP contribution in [0.25, 0.3) is 10.9 Å². The highest BCUT2D eigenvalue weighted by molar-refractivity contribution is 5.83. The number of nitrogens with zero attached hydrogens (tertiary/aromatic N) is 2. The van der Waals surface area contributed by atoms with Crippen LogP contribution >= 0.6 is 0 Å². The number of nitrogens with two attached hydrogens (primary N) is 1. The maximum atomic E-state index is 5.56. The predicted molar refractivity (Wildman–Crippen MR) is 58.2 cm³/mol. The molecule has 14 heavy (non-hydrogen) atoms. The monoisotopic (exact) mass is 189 g/mol. The van der Waals surface area contributed by atoms with E-state index in [9.17, 15) is 0 Å². The quantitative estimate of drug-likeness (QED) is 0.775. The molecule has 0 amide bonds. The lowest BCUT2D eigenvalue weighted by Gasteiger charge is -2.05. The van der Waals surface area contributed by atoms with E-state index >= 15 is 0 Å². The first-order chi connectivity index (χ1) is 6.74. The van der Waals surface area contributed by atoms with E-state index in [-0.39, 0.29) is 0 Å². The zero-order chi connectivity index (χ0) is 10.1. The molecule has 0 aliphatic heterocycles. The summed E-state index contributed by atoms with van der Waals surface area (Å²) in [5.41, 5.74) is 9.37. The van der Waals surface area contributed by atoms with E-state index in [2.05, 4.69) is 24.2 Å². The Balaban J connectivity index is 2.63. The molecule has 3 heteroatoms. The van der Waals surface area contributed by atoms with Crippen molar-refractivity contribution < 1.29 is 0 Å². The largest absolute Gasteiger partial charge is 0.330 e. The molecule has 2 N–H and O–H groups in total. The highest BCUT2D eigenvalue weighted by atomic mass is 15.2. The predicted octanol–water partition coefficient (Wildman–Crippen LogP) is 1.38. The number of benzene rings is 1. The Bertz CT molecular complexity index is 457. The maximum absolute atomic E-state index is 5.56. The zero-order valence-electron chi connectivity index (χ0n) is 8.62. The van der Waals surface area contributed by atoms with Crippen molar-refractivity contribution in [1.82, 2.24) is 9.78 Å². The summed E-state index contributed by atoms with van der Waals surface area (Å²) in [6.45, 7) is 2.83. The normalized spacial score (nSPS) is 11.1. The van der Waals surface area contributed by atoms with E-state index < -0.39 is 0 Å². The van der Waals surface area contributed by atoms with Gasteiger partial charge in [-0.05, 0) is 37.1 Å². The minimum Gasteiger partial charge on any atom is -0.330 e. The highest BCUT2D eigenvalue weighted by Crippen LogP contribution is 2.21. The van der Waals surface area contributed by atoms with E-state index in [1.165, 1.54) is 22.0 Å². The van der Waals surface area contributed by atoms with E-state index in [1.807, 2.05) is 17.9 Å². The highest BCUT2D eigenvalue weighted by Gasteiger charge is 2.05. The minimum absolute atomic E-state index is 0.701. The van der Waals surface area contributed by atoms with Gasteiger partial charge in [0.2, 0.25) is 0 Å². The van der Waals surface area contributed by atoms with Crippen molar-refractivity contribution in [3.63, 3.8) is 0 Å². The molecular formula is C11H15N3. The Labute approximate surface area is 83.5 Å². The molecule has 0 spiro atoms. The molecular weight excluding hydrogens is 174 g/mol. The van der Waals surface area contributed by atoms with Gasteiger partial charge < -0.3 is 5.73 Å². The van der Waals surface area contributed by atoms with Crippen LogP contribution in [0.3, 0.4) is 0 Å². The molecule has 0 atom stereocenters. The summed E-state index contributed by atoms with van der Waals surface area (Å²) in [5, 5.41) is 5.48. The molecule has 2 aromatic rings. The molecule has 0 aliphatic carbocycles. The van der Waals surface area contributed by atoms with Gasteiger partial charge in [0.05, 0.1) is 11.7 Å². The third kappa shape index (κ3) is 1.30. The van der Waals surface area contributed by atoms with Gasteiger partial charge in [-0.3, -0.25) is 4.68 Å². The summed E-state index contributed by atoms with van der Waals surface area (Å²) < 4.78 is 1.90. The van der Waals surface area contributed by atoms with Crippen molar-refractivity contribution >= 4 is 10.9 Å². The molecule has 2 rings (SSSR count). The lowest BCUT2D eigenvalue weighted by atomic mass is 10.0. The lowest BCUT2D eigenvalue weighted by molar-refractivity contribution is 0.797. The van der Waals surface area contributed by atoms with Crippen LogP contribution < -0.4 is 5.73 Å². The third-order valence-corrected chi connectivity index (χ3v) is 2.73. The molecule has 0 unspecified atom stereocenters. The summed E-state index contributed by atoms with van der Waals surface area (Å²) in [5.74, 6) is 0. The van der Waals surface area contributed by atoms with Gasteiger partial charge in [-0.2, -0.15) is 5.10 Å². The van der Waals surface area contributed by atoms with Gasteiger partial charge in [0.1, 0.15) is 0 Å². The van der Waals surface area contributed by atoms with E-state index in [0.717, 1.165) is 6.42 Å². The molecule has 0 fully saturated rings. The van der Waals surface area contributed by atoms with Gasteiger partial charge in [-0.1, -0.05) is 6.07 Å². The van der Waals surface area contributed by atoms with Crippen molar-refractivity contribution in [3.8, 4) is 0 Å². The summed E-state index contributed by atoms with van der Waals surface area (Å²) in [4.78, 5) is 0. The number of rotatable bonds is 2. The van der Waals surface area contributed by atoms with Crippen LogP contribution in [0.2, 0.25) is 0 Å². The minimum atomic E-state index is 0.701. The number of aryl methyl sites for hydroxylation is 2. The fourth-order valence-corrected chi connectivity index (χ4v) is 1.84. The van der Waals surface area contributed by atoms with Crippen LogP contribution in [0.4, 0.5) is 0 Å². The summed E-state index contributed by atoms with van der Waals surface area (Å²) >= 11 is 0. The van der Waals surface area contributed by atoms with Crippen LogP contribution in [0.5, 0.6) is 0 Å². The Morgan fingerprint density at radius 1 is 1.43 bits per heavy atom.